The van der Waals surface area contributed by atoms with Crippen LogP contribution in [-0.4, -0.2) is 50.7 Å². The lowest BCUT2D eigenvalue weighted by Crippen LogP contribution is -2.41. The van der Waals surface area contributed by atoms with Crippen LogP contribution in [0.15, 0.2) is 54.6 Å². The van der Waals surface area contributed by atoms with Crippen molar-refractivity contribution in [2.45, 2.75) is 25.8 Å². The summed E-state index contributed by atoms with van der Waals surface area (Å²) in [4.78, 5) is 27.6. The van der Waals surface area contributed by atoms with Crippen molar-refractivity contribution in [1.29, 1.82) is 0 Å². The molecule has 0 saturated heterocycles. The number of fused-ring (bicyclic) bond motifs is 2. The van der Waals surface area contributed by atoms with Crippen LogP contribution in [0.2, 0.25) is 0 Å². The Labute approximate surface area is 199 Å². The molecule has 34 heavy (non-hydrogen) atoms. The number of hydrogen-bond donors (Lipinski definition) is 1. The van der Waals surface area contributed by atoms with E-state index in [-0.39, 0.29) is 30.9 Å². The summed E-state index contributed by atoms with van der Waals surface area (Å²) in [6.45, 7) is 2.89. The Hall–Kier alpha value is -3.58. The van der Waals surface area contributed by atoms with Crippen molar-refractivity contribution in [2.24, 2.45) is 0 Å². The van der Waals surface area contributed by atoms with Crippen LogP contribution in [0.5, 0.6) is 11.5 Å². The minimum atomic E-state index is -0.305. The molecule has 0 unspecified atom stereocenters. The number of ether oxygens (including phenoxy) is 3. The molecule has 1 atom stereocenters. The van der Waals surface area contributed by atoms with Crippen LogP contribution in [0.1, 0.15) is 30.5 Å². The van der Waals surface area contributed by atoms with Crippen molar-refractivity contribution in [3.63, 3.8) is 0 Å². The van der Waals surface area contributed by atoms with Gasteiger partial charge in [-0.25, -0.2) is 0 Å². The van der Waals surface area contributed by atoms with Gasteiger partial charge in [0.15, 0.2) is 11.5 Å². The number of esters is 1. The van der Waals surface area contributed by atoms with E-state index < -0.39 is 0 Å². The molecule has 1 heterocycles. The summed E-state index contributed by atoms with van der Waals surface area (Å²) in [6.07, 6.45) is 0.883. The average Bonchev–Trinajstić information content (AvgIpc) is 2.85. The number of carbonyl (C=O) groups excluding carboxylic acids is 2. The summed E-state index contributed by atoms with van der Waals surface area (Å²) in [5.74, 6) is 0.819. The number of nitrogens with zero attached hydrogens (tertiary/aromatic N) is 1. The summed E-state index contributed by atoms with van der Waals surface area (Å²) in [5.41, 5.74) is 2.81. The van der Waals surface area contributed by atoms with Crippen LogP contribution in [0.25, 0.3) is 10.8 Å². The van der Waals surface area contributed by atoms with Crippen LogP contribution in [0, 0.1) is 0 Å². The lowest BCUT2D eigenvalue weighted by Gasteiger charge is -2.37. The normalized spacial score (nSPS) is 15.4. The van der Waals surface area contributed by atoms with Gasteiger partial charge in [0, 0.05) is 23.7 Å². The Balaban J connectivity index is 1.59. The summed E-state index contributed by atoms with van der Waals surface area (Å²) in [7, 11) is 3.19. The molecule has 0 aromatic heterocycles. The molecule has 1 N–H and O–H groups in total. The SMILES string of the molecule is CCOC(=O)C[C@@H]1c2cc(OC)c(OC)cc2CCN1CC(=O)Nc1cccc2ccccc12. The highest BCUT2D eigenvalue weighted by molar-refractivity contribution is 6.02. The Bertz CT molecular complexity index is 1190. The fourth-order valence-electron chi connectivity index (χ4n) is 4.59. The third-order valence-electron chi connectivity index (χ3n) is 6.19. The quantitative estimate of drug-likeness (QED) is 0.502. The smallest absolute Gasteiger partial charge is 0.307 e. The number of hydrogen-bond acceptors (Lipinski definition) is 6. The summed E-state index contributed by atoms with van der Waals surface area (Å²) in [5, 5.41) is 5.11. The molecule has 1 aliphatic rings. The van der Waals surface area contributed by atoms with E-state index in [2.05, 4.69) is 5.32 Å². The van der Waals surface area contributed by atoms with Crippen LogP contribution in [-0.2, 0) is 20.7 Å². The number of nitrogens with one attached hydrogen (secondary N) is 1. The predicted molar refractivity (Wildman–Crippen MR) is 131 cm³/mol. The summed E-state index contributed by atoms with van der Waals surface area (Å²) in [6, 6.07) is 17.3. The molecule has 0 saturated carbocycles. The Morgan fingerprint density at radius 3 is 2.53 bits per heavy atom. The largest absolute Gasteiger partial charge is 0.493 e. The molecule has 3 aromatic rings. The fraction of sp³-hybridized carbons (Fsp3) is 0.333. The van der Waals surface area contributed by atoms with Gasteiger partial charge in [-0.2, -0.15) is 0 Å². The third-order valence-corrected chi connectivity index (χ3v) is 6.19. The molecule has 1 amide bonds. The number of methoxy groups -OCH3 is 2. The minimum absolute atomic E-state index is 0.130. The van der Waals surface area contributed by atoms with E-state index >= 15 is 0 Å². The molecule has 0 aliphatic carbocycles. The van der Waals surface area contributed by atoms with Crippen LogP contribution in [0.4, 0.5) is 5.69 Å². The van der Waals surface area contributed by atoms with Gasteiger partial charge >= 0.3 is 5.97 Å². The zero-order chi connectivity index (χ0) is 24.1. The van der Waals surface area contributed by atoms with Gasteiger partial charge < -0.3 is 19.5 Å². The molecular formula is C27H30N2O5. The highest BCUT2D eigenvalue weighted by Gasteiger charge is 2.32. The van der Waals surface area contributed by atoms with E-state index in [0.717, 1.165) is 34.0 Å². The maximum absolute atomic E-state index is 13.1. The number of anilines is 1. The van der Waals surface area contributed by atoms with Gasteiger partial charge in [0.2, 0.25) is 5.91 Å². The van der Waals surface area contributed by atoms with Gasteiger partial charge in [-0.1, -0.05) is 36.4 Å². The highest BCUT2D eigenvalue weighted by Crippen LogP contribution is 2.39. The van der Waals surface area contributed by atoms with E-state index in [1.807, 2.05) is 59.5 Å². The molecule has 0 radical (unpaired) electrons. The number of rotatable bonds is 8. The van der Waals surface area contributed by atoms with Gasteiger partial charge in [0.1, 0.15) is 0 Å². The van der Waals surface area contributed by atoms with Crippen molar-refractivity contribution in [3.8, 4) is 11.5 Å². The van der Waals surface area contributed by atoms with Crippen LogP contribution < -0.4 is 14.8 Å². The molecule has 4 rings (SSSR count). The molecule has 0 spiro atoms. The Morgan fingerprint density at radius 2 is 1.76 bits per heavy atom. The van der Waals surface area contributed by atoms with Gasteiger partial charge in [-0.05, 0) is 48.1 Å². The zero-order valence-corrected chi connectivity index (χ0v) is 19.8. The molecule has 0 fully saturated rings. The van der Waals surface area contributed by atoms with Crippen molar-refractivity contribution < 1.29 is 23.8 Å². The first-order chi connectivity index (χ1) is 16.5. The zero-order valence-electron chi connectivity index (χ0n) is 19.8. The summed E-state index contributed by atoms with van der Waals surface area (Å²) < 4.78 is 16.2. The second-order valence-corrected chi connectivity index (χ2v) is 8.23. The molecule has 7 nitrogen and oxygen atoms in total. The monoisotopic (exact) mass is 462 g/mol. The third kappa shape index (κ3) is 4.99. The van der Waals surface area contributed by atoms with Crippen molar-refractivity contribution in [2.75, 3.05) is 39.2 Å². The molecule has 178 valence electrons. The molecular weight excluding hydrogens is 432 g/mol. The number of carbonyl (C=O) groups is 2. The number of amides is 1. The van der Waals surface area contributed by atoms with Crippen molar-refractivity contribution in [1.82, 2.24) is 4.90 Å². The van der Waals surface area contributed by atoms with Gasteiger partial charge in [-0.3, -0.25) is 14.5 Å². The molecule has 0 bridgehead atoms. The van der Waals surface area contributed by atoms with E-state index in [1.54, 1.807) is 21.1 Å². The van der Waals surface area contributed by atoms with Crippen molar-refractivity contribution >= 4 is 28.3 Å². The summed E-state index contributed by atoms with van der Waals surface area (Å²) >= 11 is 0. The first kappa shape index (κ1) is 23.6. The molecule has 3 aromatic carbocycles. The average molecular weight is 463 g/mol. The lowest BCUT2D eigenvalue weighted by atomic mass is 9.90. The minimum Gasteiger partial charge on any atom is -0.493 e. The van der Waals surface area contributed by atoms with Gasteiger partial charge in [0.25, 0.3) is 0 Å². The van der Waals surface area contributed by atoms with E-state index in [4.69, 9.17) is 14.2 Å². The van der Waals surface area contributed by atoms with Crippen LogP contribution in [0.3, 0.4) is 0 Å². The lowest BCUT2D eigenvalue weighted by molar-refractivity contribution is -0.145. The number of benzene rings is 3. The van der Waals surface area contributed by atoms with Crippen LogP contribution >= 0.6 is 0 Å². The van der Waals surface area contributed by atoms with Crippen molar-refractivity contribution in [3.05, 3.63) is 65.7 Å². The standard InChI is InChI=1S/C27H30N2O5/c1-4-34-27(31)16-23-21-15-25(33-3)24(32-2)14-19(21)12-13-29(23)17-26(30)28-22-11-7-9-18-8-5-6-10-20(18)22/h5-11,14-15,23H,4,12-13,16-17H2,1-3H3,(H,28,30)/t23-/m1/s1. The second kappa shape index (κ2) is 10.6. The topological polar surface area (TPSA) is 77.1 Å². The van der Waals surface area contributed by atoms with E-state index in [1.165, 1.54) is 0 Å². The fourth-order valence-corrected chi connectivity index (χ4v) is 4.59. The molecule has 7 heteroatoms. The second-order valence-electron chi connectivity index (χ2n) is 8.23. The highest BCUT2D eigenvalue weighted by atomic mass is 16.5. The maximum atomic E-state index is 13.1. The van der Waals surface area contributed by atoms with E-state index in [9.17, 15) is 9.59 Å². The first-order valence-electron chi connectivity index (χ1n) is 11.5. The van der Waals surface area contributed by atoms with Gasteiger partial charge in [-0.15, -0.1) is 0 Å². The van der Waals surface area contributed by atoms with Gasteiger partial charge in [0.05, 0.1) is 33.8 Å². The Morgan fingerprint density at radius 1 is 1.03 bits per heavy atom. The Kier molecular flexibility index (Phi) is 7.33. The predicted octanol–water partition coefficient (Wildman–Crippen LogP) is 4.35. The van der Waals surface area contributed by atoms with E-state index in [0.29, 0.717) is 24.7 Å². The molecule has 1 aliphatic heterocycles. The first-order valence-corrected chi connectivity index (χ1v) is 11.5. The maximum Gasteiger partial charge on any atom is 0.307 e.